The molecule has 0 bridgehead atoms. The lowest BCUT2D eigenvalue weighted by atomic mass is 10.2. The van der Waals surface area contributed by atoms with Gasteiger partial charge in [-0.2, -0.15) is 5.10 Å². The van der Waals surface area contributed by atoms with E-state index >= 15 is 0 Å². The highest BCUT2D eigenvalue weighted by Crippen LogP contribution is 2.28. The van der Waals surface area contributed by atoms with Gasteiger partial charge < -0.3 is 20.7 Å². The largest absolute Gasteiger partial charge is 0.444 e. The van der Waals surface area contributed by atoms with Crippen LogP contribution in [0.5, 0.6) is 0 Å². The Morgan fingerprint density at radius 2 is 2.04 bits per heavy atom. The Morgan fingerprint density at radius 1 is 1.21 bits per heavy atom. The number of aromatic amines is 1. The fourth-order valence-electron chi connectivity index (χ4n) is 2.44. The lowest BCUT2D eigenvalue weighted by Crippen LogP contribution is -2.35. The minimum Gasteiger partial charge on any atom is -0.444 e. The number of nitrogens with zero attached hydrogens (tertiary/aromatic N) is 3. The molecule has 1 aromatic carbocycles. The van der Waals surface area contributed by atoms with Gasteiger partial charge in [0.25, 0.3) is 0 Å². The van der Waals surface area contributed by atoms with Crippen molar-refractivity contribution in [1.82, 2.24) is 25.5 Å². The molecule has 9 nitrogen and oxygen atoms in total. The number of fused-ring (bicyclic) bond motifs is 1. The summed E-state index contributed by atoms with van der Waals surface area (Å²) < 4.78 is 5.20. The van der Waals surface area contributed by atoms with Crippen LogP contribution in [0.2, 0.25) is 5.02 Å². The number of hydrogen-bond acceptors (Lipinski definition) is 7. The summed E-state index contributed by atoms with van der Waals surface area (Å²) in [6.45, 7) is 6.26. The normalized spacial score (nSPS) is 11.3. The van der Waals surface area contributed by atoms with Gasteiger partial charge in [-0.1, -0.05) is 17.7 Å². The van der Waals surface area contributed by atoms with Crippen LogP contribution in [-0.2, 0) is 4.74 Å². The second kappa shape index (κ2) is 8.30. The quantitative estimate of drug-likeness (QED) is 0.463. The van der Waals surface area contributed by atoms with Crippen molar-refractivity contribution in [2.45, 2.75) is 26.4 Å². The molecule has 10 heteroatoms. The van der Waals surface area contributed by atoms with Gasteiger partial charge in [0.2, 0.25) is 0 Å². The molecule has 2 aromatic heterocycles. The summed E-state index contributed by atoms with van der Waals surface area (Å²) in [4.78, 5) is 20.2. The first-order chi connectivity index (χ1) is 13.3. The van der Waals surface area contributed by atoms with Crippen molar-refractivity contribution in [1.29, 1.82) is 0 Å². The molecule has 1 amide bonds. The SMILES string of the molecule is CC(C)(C)OC(=O)NCCNc1n[nH]c2ncnc(Nc3cccc(Cl)c3)c12. The van der Waals surface area contributed by atoms with Crippen molar-refractivity contribution >= 4 is 46.1 Å². The molecule has 148 valence electrons. The predicted molar refractivity (Wildman–Crippen MR) is 109 cm³/mol. The van der Waals surface area contributed by atoms with Crippen molar-refractivity contribution in [3.63, 3.8) is 0 Å². The molecule has 0 unspecified atom stereocenters. The van der Waals surface area contributed by atoms with Gasteiger partial charge in [0.05, 0.1) is 0 Å². The van der Waals surface area contributed by atoms with Gasteiger partial charge in [-0.05, 0) is 39.0 Å². The van der Waals surface area contributed by atoms with Gasteiger partial charge in [-0.15, -0.1) is 0 Å². The number of rotatable bonds is 6. The number of carbonyl (C=O) groups excluding carboxylic acids is 1. The molecule has 3 rings (SSSR count). The highest BCUT2D eigenvalue weighted by Gasteiger charge is 2.16. The molecule has 3 aromatic rings. The maximum absolute atomic E-state index is 11.7. The van der Waals surface area contributed by atoms with E-state index < -0.39 is 11.7 Å². The van der Waals surface area contributed by atoms with Crippen LogP contribution in [0, 0.1) is 0 Å². The highest BCUT2D eigenvalue weighted by atomic mass is 35.5. The zero-order chi connectivity index (χ0) is 20.1. The smallest absolute Gasteiger partial charge is 0.407 e. The molecule has 0 aliphatic rings. The van der Waals surface area contributed by atoms with Crippen LogP contribution in [-0.4, -0.2) is 44.9 Å². The van der Waals surface area contributed by atoms with Crippen molar-refractivity contribution in [2.75, 3.05) is 23.7 Å². The summed E-state index contributed by atoms with van der Waals surface area (Å²) in [7, 11) is 0. The number of aromatic nitrogens is 4. The van der Waals surface area contributed by atoms with Crippen molar-refractivity contribution in [2.24, 2.45) is 0 Å². The molecule has 4 N–H and O–H groups in total. The van der Waals surface area contributed by atoms with Gasteiger partial charge in [-0.3, -0.25) is 5.10 Å². The number of ether oxygens (including phenoxy) is 1. The molecular weight excluding hydrogens is 382 g/mol. The lowest BCUT2D eigenvalue weighted by molar-refractivity contribution is 0.0530. The van der Waals surface area contributed by atoms with E-state index in [4.69, 9.17) is 16.3 Å². The minimum absolute atomic E-state index is 0.369. The summed E-state index contributed by atoms with van der Waals surface area (Å²) in [5.74, 6) is 1.16. The van der Waals surface area contributed by atoms with Gasteiger partial charge in [-0.25, -0.2) is 14.8 Å². The Hall–Kier alpha value is -3.07. The van der Waals surface area contributed by atoms with E-state index in [9.17, 15) is 4.79 Å². The molecule has 0 fully saturated rings. The molecule has 0 saturated heterocycles. The molecule has 0 atom stereocenters. The predicted octanol–water partition coefficient (Wildman–Crippen LogP) is 3.69. The molecule has 0 aliphatic carbocycles. The van der Waals surface area contributed by atoms with Crippen molar-refractivity contribution in [3.05, 3.63) is 35.6 Å². The standard InChI is InChI=1S/C18H22ClN7O2/c1-18(2,3)28-17(27)21-8-7-20-15-13-14(22-10-23-16(13)26-25-15)24-12-6-4-5-11(19)9-12/h4-6,9-10H,7-8H2,1-3H3,(H,21,27)(H3,20,22,23,24,25,26). The summed E-state index contributed by atoms with van der Waals surface area (Å²) in [6.07, 6.45) is 0.981. The lowest BCUT2D eigenvalue weighted by Gasteiger charge is -2.19. The minimum atomic E-state index is -0.534. The van der Waals surface area contributed by atoms with E-state index in [1.165, 1.54) is 6.33 Å². The molecule has 0 aliphatic heterocycles. The second-order valence-electron chi connectivity index (χ2n) is 7.01. The van der Waals surface area contributed by atoms with Crippen LogP contribution in [0.3, 0.4) is 0 Å². The van der Waals surface area contributed by atoms with Gasteiger partial charge >= 0.3 is 6.09 Å². The van der Waals surface area contributed by atoms with Crippen LogP contribution < -0.4 is 16.0 Å². The number of alkyl carbamates (subject to hydrolysis) is 1. The Labute approximate surface area is 167 Å². The van der Waals surface area contributed by atoms with E-state index in [0.717, 1.165) is 5.69 Å². The average molecular weight is 404 g/mol. The van der Waals surface area contributed by atoms with E-state index in [0.29, 0.717) is 40.8 Å². The Kier molecular flexibility index (Phi) is 5.84. The van der Waals surface area contributed by atoms with Gasteiger partial charge in [0.15, 0.2) is 11.5 Å². The summed E-state index contributed by atoms with van der Waals surface area (Å²) in [5.41, 5.74) is 0.849. The third kappa shape index (κ3) is 5.23. The first kappa shape index (κ1) is 19.7. The number of H-pyrrole nitrogens is 1. The second-order valence-corrected chi connectivity index (χ2v) is 7.45. The van der Waals surface area contributed by atoms with Crippen molar-refractivity contribution < 1.29 is 9.53 Å². The van der Waals surface area contributed by atoms with E-state index in [1.54, 1.807) is 12.1 Å². The Morgan fingerprint density at radius 3 is 2.79 bits per heavy atom. The number of benzene rings is 1. The van der Waals surface area contributed by atoms with Gasteiger partial charge in [0.1, 0.15) is 23.1 Å². The van der Waals surface area contributed by atoms with Crippen LogP contribution in [0.15, 0.2) is 30.6 Å². The van der Waals surface area contributed by atoms with Crippen LogP contribution in [0.1, 0.15) is 20.8 Å². The summed E-state index contributed by atoms with van der Waals surface area (Å²) in [5, 5.41) is 17.5. The van der Waals surface area contributed by atoms with E-state index in [1.807, 2.05) is 32.9 Å². The summed E-state index contributed by atoms with van der Waals surface area (Å²) in [6, 6.07) is 7.33. The monoisotopic (exact) mass is 403 g/mol. The van der Waals surface area contributed by atoms with Crippen LogP contribution in [0.4, 0.5) is 22.1 Å². The van der Waals surface area contributed by atoms with E-state index in [2.05, 4.69) is 36.1 Å². The highest BCUT2D eigenvalue weighted by molar-refractivity contribution is 6.30. The molecule has 2 heterocycles. The number of hydrogen-bond donors (Lipinski definition) is 4. The Bertz CT molecular complexity index is 968. The fraction of sp³-hybridized carbons (Fsp3) is 0.333. The maximum atomic E-state index is 11.7. The number of nitrogens with one attached hydrogen (secondary N) is 4. The first-order valence-corrected chi connectivity index (χ1v) is 9.12. The Balaban J connectivity index is 1.66. The molecule has 28 heavy (non-hydrogen) atoms. The summed E-state index contributed by atoms with van der Waals surface area (Å²) >= 11 is 6.04. The van der Waals surface area contributed by atoms with Gasteiger partial charge in [0, 0.05) is 23.8 Å². The van der Waals surface area contributed by atoms with E-state index in [-0.39, 0.29) is 0 Å². The van der Waals surface area contributed by atoms with Crippen LogP contribution >= 0.6 is 11.6 Å². The number of amides is 1. The molecule has 0 spiro atoms. The third-order valence-corrected chi connectivity index (χ3v) is 3.77. The topological polar surface area (TPSA) is 117 Å². The molecular formula is C18H22ClN7O2. The number of anilines is 3. The van der Waals surface area contributed by atoms with Crippen molar-refractivity contribution in [3.8, 4) is 0 Å². The fourth-order valence-corrected chi connectivity index (χ4v) is 2.63. The molecule has 0 saturated carbocycles. The maximum Gasteiger partial charge on any atom is 0.407 e. The third-order valence-electron chi connectivity index (χ3n) is 3.53. The number of halogens is 1. The average Bonchev–Trinajstić information content (AvgIpc) is 3.01. The van der Waals surface area contributed by atoms with Crippen LogP contribution in [0.25, 0.3) is 11.0 Å². The zero-order valence-corrected chi connectivity index (χ0v) is 16.6. The zero-order valence-electron chi connectivity index (χ0n) is 15.8. The number of carbonyl (C=O) groups is 1. The molecule has 0 radical (unpaired) electrons. The first-order valence-electron chi connectivity index (χ1n) is 8.74.